The minimum absolute atomic E-state index is 0.114. The zero-order valence-electron chi connectivity index (χ0n) is 15.9. The summed E-state index contributed by atoms with van der Waals surface area (Å²) in [7, 11) is 1.32. The Kier molecular flexibility index (Phi) is 5.87. The van der Waals surface area contributed by atoms with E-state index in [-0.39, 0.29) is 24.7 Å². The van der Waals surface area contributed by atoms with Crippen LogP contribution in [0.1, 0.15) is 17.7 Å². The van der Waals surface area contributed by atoms with Gasteiger partial charge in [0.05, 0.1) is 11.7 Å². The summed E-state index contributed by atoms with van der Waals surface area (Å²) in [6, 6.07) is 3.76. The maximum atomic E-state index is 13.2. The van der Waals surface area contributed by atoms with Crippen LogP contribution in [0, 0.1) is 5.82 Å². The summed E-state index contributed by atoms with van der Waals surface area (Å²) < 4.78 is 92.0. The summed E-state index contributed by atoms with van der Waals surface area (Å²) in [5.74, 6) is -2.00. The molecule has 0 radical (unpaired) electrons. The quantitative estimate of drug-likeness (QED) is 0.721. The van der Waals surface area contributed by atoms with E-state index in [9.17, 15) is 40.6 Å². The van der Waals surface area contributed by atoms with E-state index >= 15 is 0 Å². The number of benzene rings is 1. The second-order valence-corrected chi connectivity index (χ2v) is 7.03. The van der Waals surface area contributed by atoms with Crippen LogP contribution in [0.25, 0.3) is 0 Å². The van der Waals surface area contributed by atoms with Gasteiger partial charge in [0.1, 0.15) is 23.4 Å². The summed E-state index contributed by atoms with van der Waals surface area (Å²) >= 11 is 0. The molecule has 168 valence electrons. The molecule has 0 spiro atoms. The molecule has 2 heterocycles. The van der Waals surface area contributed by atoms with Crippen molar-refractivity contribution in [3.8, 4) is 0 Å². The Balaban J connectivity index is 2.00. The average Bonchev–Trinajstić information content (AvgIpc) is 3.07. The predicted molar refractivity (Wildman–Crippen MR) is 95.8 cm³/mol. The first-order chi connectivity index (χ1) is 14.3. The molecule has 1 saturated heterocycles. The van der Waals surface area contributed by atoms with Crippen LogP contribution in [0.15, 0.2) is 36.4 Å². The number of hydrogen-bond acceptors (Lipinski definition) is 4. The van der Waals surface area contributed by atoms with Crippen molar-refractivity contribution < 1.29 is 40.6 Å². The average molecular weight is 451 g/mol. The molecule has 31 heavy (non-hydrogen) atoms. The number of aliphatic hydroxyl groups is 1. The van der Waals surface area contributed by atoms with Crippen molar-refractivity contribution in [3.05, 3.63) is 53.5 Å². The normalized spacial score (nSPS) is 19.6. The molecule has 1 aliphatic heterocycles. The number of amides is 1. The monoisotopic (exact) mass is 451 g/mol. The zero-order chi connectivity index (χ0) is 23.1. The van der Waals surface area contributed by atoms with E-state index in [2.05, 4.69) is 4.98 Å². The Bertz CT molecular complexity index is 928. The van der Waals surface area contributed by atoms with Gasteiger partial charge < -0.3 is 14.9 Å². The summed E-state index contributed by atoms with van der Waals surface area (Å²) in [5.41, 5.74) is -3.10. The molecule has 1 amide bonds. The molecule has 1 aromatic heterocycles. The van der Waals surface area contributed by atoms with E-state index in [4.69, 9.17) is 0 Å². The number of anilines is 2. The van der Waals surface area contributed by atoms with E-state index in [1.54, 1.807) is 0 Å². The van der Waals surface area contributed by atoms with Crippen molar-refractivity contribution in [2.24, 2.45) is 0 Å². The Labute approximate surface area is 171 Å². The number of β-amino-alcohol motifs (C(OH)–C–C–N with tert-alkyl or cyclic N) is 1. The van der Waals surface area contributed by atoms with Crippen molar-refractivity contribution in [2.75, 3.05) is 23.4 Å². The van der Waals surface area contributed by atoms with Crippen molar-refractivity contribution in [1.29, 1.82) is 0 Å². The number of carbonyl (C=O) groups is 1. The number of aromatic nitrogens is 1. The van der Waals surface area contributed by atoms with Gasteiger partial charge in [-0.15, -0.1) is 0 Å². The van der Waals surface area contributed by atoms with Gasteiger partial charge in [0, 0.05) is 25.7 Å². The highest BCUT2D eigenvalue weighted by molar-refractivity contribution is 5.99. The lowest BCUT2D eigenvalue weighted by molar-refractivity contribution is -0.145. The number of hydrogen-bond donors (Lipinski definition) is 1. The number of rotatable bonds is 3. The molecule has 2 aromatic rings. The second kappa shape index (κ2) is 7.98. The number of halogens is 7. The molecule has 5 nitrogen and oxygen atoms in total. The smallest absolute Gasteiger partial charge is 0.391 e. The third-order valence-corrected chi connectivity index (χ3v) is 4.83. The van der Waals surface area contributed by atoms with Gasteiger partial charge in [-0.25, -0.2) is 9.37 Å². The van der Waals surface area contributed by atoms with Crippen LogP contribution < -0.4 is 9.80 Å². The molecule has 12 heteroatoms. The maximum Gasteiger partial charge on any atom is 0.433 e. The van der Waals surface area contributed by atoms with Crippen LogP contribution in [-0.4, -0.2) is 41.7 Å². The predicted octanol–water partition coefficient (Wildman–Crippen LogP) is 3.86. The van der Waals surface area contributed by atoms with Crippen molar-refractivity contribution in [1.82, 2.24) is 4.98 Å². The van der Waals surface area contributed by atoms with Gasteiger partial charge in [0.25, 0.3) is 0 Å². The molecule has 3 rings (SSSR count). The molecule has 0 saturated carbocycles. The Morgan fingerprint density at radius 3 is 2.26 bits per heavy atom. The first-order valence-electron chi connectivity index (χ1n) is 8.91. The largest absolute Gasteiger partial charge is 0.433 e. The van der Waals surface area contributed by atoms with Crippen LogP contribution in [0.4, 0.5) is 42.2 Å². The molecule has 1 aromatic carbocycles. The van der Waals surface area contributed by atoms with Gasteiger partial charge in [-0.1, -0.05) is 0 Å². The molecular weight excluding hydrogens is 435 g/mol. The third-order valence-electron chi connectivity index (χ3n) is 4.83. The van der Waals surface area contributed by atoms with Crippen LogP contribution in [0.2, 0.25) is 0 Å². The first kappa shape index (κ1) is 22.8. The van der Waals surface area contributed by atoms with Crippen LogP contribution in [0.5, 0.6) is 0 Å². The summed E-state index contributed by atoms with van der Waals surface area (Å²) in [4.78, 5) is 18.2. The minimum atomic E-state index is -5.15. The molecule has 2 atom stereocenters. The SMILES string of the molecule is CN(C(=O)[C@@H]1C[C@@H](O)CN1c1cc(C(F)(F)F)cc(C(F)(F)F)n1)c1ccc(F)cc1. The standard InChI is InChI=1S/C19H16F7N3O2/c1-28(12-4-2-11(20)3-5-12)17(31)14-8-13(30)9-29(14)16-7-10(18(21,22)23)6-15(27-16)19(24,25)26/h2-7,13-14,30H,8-9H2,1H3/t13-,14+/m1/s1. The van der Waals surface area contributed by atoms with Gasteiger partial charge >= 0.3 is 12.4 Å². The number of alkyl halides is 6. The number of aliphatic hydroxyl groups excluding tert-OH is 1. The number of pyridine rings is 1. The van der Waals surface area contributed by atoms with E-state index in [0.29, 0.717) is 6.07 Å². The van der Waals surface area contributed by atoms with Crippen LogP contribution >= 0.6 is 0 Å². The lowest BCUT2D eigenvalue weighted by atomic mass is 10.1. The molecule has 0 bridgehead atoms. The van der Waals surface area contributed by atoms with Crippen LogP contribution in [0.3, 0.4) is 0 Å². The third kappa shape index (κ3) is 4.89. The highest BCUT2D eigenvalue weighted by Crippen LogP contribution is 2.38. The van der Waals surface area contributed by atoms with E-state index in [1.165, 1.54) is 19.2 Å². The van der Waals surface area contributed by atoms with Gasteiger partial charge in [-0.05, 0) is 36.4 Å². The van der Waals surface area contributed by atoms with Crippen molar-refractivity contribution in [3.63, 3.8) is 0 Å². The number of nitrogens with zero attached hydrogens (tertiary/aromatic N) is 3. The molecule has 1 fully saturated rings. The number of likely N-dealkylation sites (N-methyl/N-ethyl adjacent to an activating group) is 1. The number of carbonyl (C=O) groups excluding carboxylic acids is 1. The van der Waals surface area contributed by atoms with Crippen molar-refractivity contribution in [2.45, 2.75) is 30.9 Å². The fourth-order valence-electron chi connectivity index (χ4n) is 3.29. The summed E-state index contributed by atoms with van der Waals surface area (Å²) in [6.45, 7) is -0.390. The van der Waals surface area contributed by atoms with Gasteiger partial charge in [-0.3, -0.25) is 4.79 Å². The lowest BCUT2D eigenvalue weighted by Gasteiger charge is -2.29. The van der Waals surface area contributed by atoms with Gasteiger partial charge in [-0.2, -0.15) is 26.3 Å². The van der Waals surface area contributed by atoms with E-state index < -0.39 is 53.3 Å². The second-order valence-electron chi connectivity index (χ2n) is 7.03. The highest BCUT2D eigenvalue weighted by atomic mass is 19.4. The Morgan fingerprint density at radius 2 is 1.71 bits per heavy atom. The lowest BCUT2D eigenvalue weighted by Crippen LogP contribution is -2.45. The molecule has 1 aliphatic rings. The summed E-state index contributed by atoms with van der Waals surface area (Å²) in [5, 5.41) is 9.99. The topological polar surface area (TPSA) is 56.7 Å². The molecule has 0 unspecified atom stereocenters. The zero-order valence-corrected chi connectivity index (χ0v) is 15.9. The van der Waals surface area contributed by atoms with Crippen LogP contribution in [-0.2, 0) is 17.1 Å². The Morgan fingerprint density at radius 1 is 1.10 bits per heavy atom. The van der Waals surface area contributed by atoms with Crippen molar-refractivity contribution >= 4 is 17.4 Å². The van der Waals surface area contributed by atoms with Gasteiger partial charge in [0.2, 0.25) is 5.91 Å². The fourth-order valence-corrected chi connectivity index (χ4v) is 3.29. The van der Waals surface area contributed by atoms with E-state index in [0.717, 1.165) is 21.9 Å². The fraction of sp³-hybridized carbons (Fsp3) is 0.368. The maximum absolute atomic E-state index is 13.2. The van der Waals surface area contributed by atoms with Gasteiger partial charge in [0.15, 0.2) is 0 Å². The summed E-state index contributed by atoms with van der Waals surface area (Å²) in [6.07, 6.45) is -11.6. The first-order valence-corrected chi connectivity index (χ1v) is 8.91. The molecular formula is C19H16F7N3O2. The minimum Gasteiger partial charge on any atom is -0.391 e. The Hall–Kier alpha value is -2.89. The van der Waals surface area contributed by atoms with E-state index in [1.807, 2.05) is 0 Å². The highest BCUT2D eigenvalue weighted by Gasteiger charge is 2.42. The molecule has 0 aliphatic carbocycles. The molecule has 1 N–H and O–H groups in total.